The fraction of sp³-hybridized carbons (Fsp3) is 0.214. The Balaban J connectivity index is 1.04. The summed E-state index contributed by atoms with van der Waals surface area (Å²) in [7, 11) is 4.34. The second-order valence-corrected chi connectivity index (χ2v) is 19.3. The third kappa shape index (κ3) is 6.46. The number of para-hydroxylation sites is 2. The molecule has 0 aliphatic carbocycles. The molecule has 0 amide bonds. The largest absolute Gasteiger partial charge is 0.344 e. The second kappa shape index (κ2) is 16.0. The van der Waals surface area contributed by atoms with Crippen LogP contribution in [0, 0.1) is 0 Å². The zero-order valence-electron chi connectivity index (χ0n) is 36.6. The molecule has 10 rings (SSSR count). The Morgan fingerprint density at radius 3 is 1.34 bits per heavy atom. The normalized spacial score (nSPS) is 20.3. The summed E-state index contributed by atoms with van der Waals surface area (Å²) in [6, 6.07) is 44.5. The van der Waals surface area contributed by atoms with E-state index in [9.17, 15) is 0 Å². The minimum Gasteiger partial charge on any atom is -0.344 e. The molecule has 308 valence electrons. The Morgan fingerprint density at radius 2 is 0.919 bits per heavy atom. The van der Waals surface area contributed by atoms with Gasteiger partial charge < -0.3 is 9.80 Å². The summed E-state index contributed by atoms with van der Waals surface area (Å²) in [5.74, 6) is 0. The SMILES string of the molecule is CCN1/C(=C/C=C/c2sc3ccccc3[n+]2C)C(C)(C/C=C\CC2(C)/C(=C\C=C\c3sc4ccccc4[n+]3C)N(CC)c3ccc4ccccc4c32)c2c1ccc1ccccc21. The molecule has 2 aromatic heterocycles. The molecule has 2 unspecified atom stereocenters. The lowest BCUT2D eigenvalue weighted by Crippen LogP contribution is -2.29. The minimum atomic E-state index is -0.243. The molecule has 0 bridgehead atoms. The van der Waals surface area contributed by atoms with Crippen LogP contribution < -0.4 is 18.9 Å². The summed E-state index contributed by atoms with van der Waals surface area (Å²) in [6.45, 7) is 11.3. The van der Waals surface area contributed by atoms with Gasteiger partial charge in [-0.3, -0.25) is 0 Å². The third-order valence-corrected chi connectivity index (χ3v) is 16.0. The van der Waals surface area contributed by atoms with Crippen LogP contribution in [0.3, 0.4) is 0 Å². The van der Waals surface area contributed by atoms with Gasteiger partial charge in [0, 0.05) is 71.0 Å². The number of allylic oxidation sites excluding steroid dienone is 8. The highest BCUT2D eigenvalue weighted by atomic mass is 32.1. The quantitative estimate of drug-likeness (QED) is 0.101. The smallest absolute Gasteiger partial charge is 0.262 e. The molecular weight excluding hydrogens is 793 g/mol. The van der Waals surface area contributed by atoms with Gasteiger partial charge in [0.25, 0.3) is 10.0 Å². The number of rotatable bonds is 10. The summed E-state index contributed by atoms with van der Waals surface area (Å²) < 4.78 is 7.22. The summed E-state index contributed by atoms with van der Waals surface area (Å²) in [5, 5.41) is 7.75. The van der Waals surface area contributed by atoms with Gasteiger partial charge in [-0.2, -0.15) is 9.13 Å². The van der Waals surface area contributed by atoms with Crippen molar-refractivity contribution in [2.24, 2.45) is 14.1 Å². The molecule has 62 heavy (non-hydrogen) atoms. The Kier molecular flexibility index (Phi) is 10.3. The highest BCUT2D eigenvalue weighted by Crippen LogP contribution is 2.55. The number of fused-ring (bicyclic) bond motifs is 8. The first-order chi connectivity index (χ1) is 30.2. The maximum absolute atomic E-state index is 2.55. The summed E-state index contributed by atoms with van der Waals surface area (Å²) >= 11 is 3.68. The number of likely N-dealkylation sites (N-methyl/N-ethyl adjacent to an activating group) is 2. The molecule has 0 spiro atoms. The number of hydrogen-bond donors (Lipinski definition) is 0. The number of nitrogens with zero attached hydrogens (tertiary/aromatic N) is 4. The van der Waals surface area contributed by atoms with Crippen molar-refractivity contribution in [3.05, 3.63) is 190 Å². The van der Waals surface area contributed by atoms with E-state index in [-0.39, 0.29) is 10.8 Å². The fourth-order valence-corrected chi connectivity index (χ4v) is 12.6. The molecular formula is C56H54N4S2+2. The van der Waals surface area contributed by atoms with Crippen LogP contribution in [-0.2, 0) is 24.9 Å². The highest BCUT2D eigenvalue weighted by molar-refractivity contribution is 7.19. The first kappa shape index (κ1) is 40.0. The van der Waals surface area contributed by atoms with E-state index < -0.39 is 0 Å². The van der Waals surface area contributed by atoms with Crippen LogP contribution in [0.4, 0.5) is 11.4 Å². The number of aromatic nitrogens is 2. The average Bonchev–Trinajstić information content (AvgIpc) is 3.96. The van der Waals surface area contributed by atoms with E-state index in [1.165, 1.54) is 85.9 Å². The maximum atomic E-state index is 2.55. The molecule has 0 radical (unpaired) electrons. The summed E-state index contributed by atoms with van der Waals surface area (Å²) in [4.78, 5) is 5.10. The topological polar surface area (TPSA) is 14.2 Å². The first-order valence-corrected chi connectivity index (χ1v) is 23.7. The molecule has 6 heteroatoms. The molecule has 0 saturated carbocycles. The summed E-state index contributed by atoms with van der Waals surface area (Å²) in [6.07, 6.45) is 20.7. The van der Waals surface area contributed by atoms with Crippen molar-refractivity contribution < 1.29 is 9.13 Å². The van der Waals surface area contributed by atoms with Crippen molar-refractivity contribution in [1.82, 2.24) is 0 Å². The van der Waals surface area contributed by atoms with Crippen molar-refractivity contribution in [3.8, 4) is 0 Å². The molecule has 0 N–H and O–H groups in total. The van der Waals surface area contributed by atoms with Crippen LogP contribution in [0.5, 0.6) is 0 Å². The van der Waals surface area contributed by atoms with Crippen molar-refractivity contribution in [2.45, 2.75) is 51.4 Å². The van der Waals surface area contributed by atoms with Gasteiger partial charge in [-0.1, -0.05) is 132 Å². The van der Waals surface area contributed by atoms with Crippen LogP contribution in [0.1, 0.15) is 61.7 Å². The van der Waals surface area contributed by atoms with Crippen molar-refractivity contribution in [1.29, 1.82) is 0 Å². The Hall–Kier alpha value is -6.08. The third-order valence-electron chi connectivity index (χ3n) is 13.6. The van der Waals surface area contributed by atoms with Gasteiger partial charge in [0.05, 0.1) is 0 Å². The molecule has 2 aliphatic rings. The second-order valence-electron chi connectivity index (χ2n) is 17.2. The minimum absolute atomic E-state index is 0.243. The number of anilines is 2. The lowest BCUT2D eigenvalue weighted by molar-refractivity contribution is -0.642. The van der Waals surface area contributed by atoms with E-state index >= 15 is 0 Å². The number of hydrogen-bond acceptors (Lipinski definition) is 4. The molecule has 6 aromatic carbocycles. The van der Waals surface area contributed by atoms with Crippen LogP contribution in [0.15, 0.2) is 169 Å². The zero-order valence-corrected chi connectivity index (χ0v) is 38.2. The molecule has 2 aliphatic heterocycles. The predicted molar refractivity (Wildman–Crippen MR) is 267 cm³/mol. The monoisotopic (exact) mass is 846 g/mol. The van der Waals surface area contributed by atoms with Gasteiger partial charge in [-0.05, 0) is 110 Å². The van der Waals surface area contributed by atoms with E-state index in [2.05, 4.69) is 231 Å². The molecule has 0 fully saturated rings. The van der Waals surface area contributed by atoms with Crippen molar-refractivity contribution in [2.75, 3.05) is 22.9 Å². The van der Waals surface area contributed by atoms with Gasteiger partial charge in [-0.15, -0.1) is 0 Å². The van der Waals surface area contributed by atoms with E-state index in [1.807, 2.05) is 22.7 Å². The first-order valence-electron chi connectivity index (χ1n) is 22.0. The maximum Gasteiger partial charge on any atom is 0.262 e. The van der Waals surface area contributed by atoms with Gasteiger partial charge in [0.1, 0.15) is 23.5 Å². The van der Waals surface area contributed by atoms with E-state index in [0.29, 0.717) is 0 Å². The molecule has 8 aromatic rings. The Morgan fingerprint density at radius 1 is 0.516 bits per heavy atom. The molecule has 2 atom stereocenters. The van der Waals surface area contributed by atoms with Gasteiger partial charge in [-0.25, -0.2) is 0 Å². The average molecular weight is 847 g/mol. The molecule has 4 heterocycles. The number of benzene rings is 6. The number of aryl methyl sites for hydroxylation is 2. The van der Waals surface area contributed by atoms with E-state index in [4.69, 9.17) is 0 Å². The fourth-order valence-electron chi connectivity index (χ4n) is 10.5. The van der Waals surface area contributed by atoms with Crippen molar-refractivity contribution in [3.63, 3.8) is 0 Å². The van der Waals surface area contributed by atoms with Crippen molar-refractivity contribution >= 4 is 88.2 Å². The van der Waals surface area contributed by atoms with Gasteiger partial charge in [0.2, 0.25) is 11.0 Å². The summed E-state index contributed by atoms with van der Waals surface area (Å²) in [5.41, 5.74) is 10.2. The van der Waals surface area contributed by atoms with E-state index in [1.54, 1.807) is 0 Å². The predicted octanol–water partition coefficient (Wildman–Crippen LogP) is 13.5. The molecule has 4 nitrogen and oxygen atoms in total. The lowest BCUT2D eigenvalue weighted by atomic mass is 9.74. The highest BCUT2D eigenvalue weighted by Gasteiger charge is 2.45. The Labute approximate surface area is 374 Å². The van der Waals surface area contributed by atoms with Gasteiger partial charge >= 0.3 is 0 Å². The molecule has 0 saturated heterocycles. The van der Waals surface area contributed by atoms with Crippen LogP contribution in [-0.4, -0.2) is 13.1 Å². The number of thiazole rings is 2. The zero-order chi connectivity index (χ0) is 42.6. The lowest BCUT2D eigenvalue weighted by Gasteiger charge is -2.30. The van der Waals surface area contributed by atoms with Crippen LogP contribution in [0.25, 0.3) is 54.1 Å². The van der Waals surface area contributed by atoms with Crippen LogP contribution in [0.2, 0.25) is 0 Å². The van der Waals surface area contributed by atoms with Crippen LogP contribution >= 0.6 is 22.7 Å². The van der Waals surface area contributed by atoms with Gasteiger partial charge in [0.15, 0.2) is 0 Å². The van der Waals surface area contributed by atoms with E-state index in [0.717, 1.165) is 25.9 Å². The Bertz CT molecular complexity index is 2980. The standard InChI is InChI=1S/C56H54N4S2/c1-7-59-45-35-33-39-21-9-11-23-41(39)53(45)55(3,49(59)29-19-31-51-57(5)43-25-13-15-27-47(43)61-51)37-17-18-38-56(4)50(30-20-32-52-58(6)44-26-14-16-28-48(44)62-52)60(8-2)46-36-34-40-22-10-12-24-42(40)54(46)56/h9-36H,7-8,37-38H2,1-6H3/q+2/b18-17-.